The number of fused-ring (bicyclic) bond motifs is 1. The topological polar surface area (TPSA) is 55.3 Å². The molecule has 0 saturated carbocycles. The van der Waals surface area contributed by atoms with Crippen LogP contribution in [0.1, 0.15) is 5.56 Å². The van der Waals surface area contributed by atoms with Gasteiger partial charge in [0, 0.05) is 29.0 Å². The summed E-state index contributed by atoms with van der Waals surface area (Å²) in [5.41, 5.74) is 1.73. The molecule has 0 spiro atoms. The normalized spacial score (nSPS) is 10.8. The van der Waals surface area contributed by atoms with Crippen LogP contribution in [0.15, 0.2) is 41.3 Å². The molecule has 0 fully saturated rings. The third-order valence-electron chi connectivity index (χ3n) is 2.92. The van der Waals surface area contributed by atoms with Gasteiger partial charge in [-0.2, -0.15) is 9.61 Å². The summed E-state index contributed by atoms with van der Waals surface area (Å²) in [6, 6.07) is 5.66. The zero-order valence-corrected chi connectivity index (χ0v) is 13.5. The summed E-state index contributed by atoms with van der Waals surface area (Å²) in [7, 11) is 1.62. The number of rotatable bonds is 4. The zero-order chi connectivity index (χ0) is 14.8. The highest BCUT2D eigenvalue weighted by Crippen LogP contribution is 2.22. The monoisotopic (exact) mass is 368 g/mol. The smallest absolute Gasteiger partial charge is 0.227 e. The van der Waals surface area contributed by atoms with E-state index in [1.165, 1.54) is 0 Å². The summed E-state index contributed by atoms with van der Waals surface area (Å²) in [5.74, 6) is 0.767. The molecule has 3 aromatic rings. The fourth-order valence-corrected chi connectivity index (χ4v) is 2.48. The van der Waals surface area contributed by atoms with Gasteiger partial charge in [0.15, 0.2) is 5.65 Å². The molecular formula is C13H12BrClN5O+. The second kappa shape index (κ2) is 5.87. The molecular weight excluding hydrogens is 358 g/mol. The second-order valence-corrected chi connectivity index (χ2v) is 5.54. The number of anilines is 1. The molecule has 1 N–H and O–H groups in total. The van der Waals surface area contributed by atoms with Crippen LogP contribution in [-0.2, 0) is 6.54 Å². The number of hydrogen-bond donors (Lipinski definition) is 1. The van der Waals surface area contributed by atoms with Crippen LogP contribution in [0, 0.1) is 0 Å². The van der Waals surface area contributed by atoms with Crippen LogP contribution in [0.3, 0.4) is 0 Å². The first-order valence-corrected chi connectivity index (χ1v) is 7.33. The lowest BCUT2D eigenvalue weighted by Crippen LogP contribution is -2.40. The summed E-state index contributed by atoms with van der Waals surface area (Å²) < 4.78 is 4.13. The Morgan fingerprint density at radius 3 is 3.19 bits per heavy atom. The highest BCUT2D eigenvalue weighted by Gasteiger charge is 2.10. The van der Waals surface area contributed by atoms with E-state index in [1.807, 2.05) is 24.5 Å². The Hall–Kier alpha value is -1.86. The van der Waals surface area contributed by atoms with Crippen LogP contribution in [0.5, 0.6) is 0 Å². The van der Waals surface area contributed by atoms with Crippen molar-refractivity contribution in [3.05, 3.63) is 52.0 Å². The Kier molecular flexibility index (Phi) is 3.94. The standard InChI is InChI=1S/C13H12BrClN5O/c1-21-19-4-2-3-9(8-19)6-16-12-5-11(15)18-13-10(14)7-17-20(12)13/h2-5,7-8,16H,6H2,1H3/q+1. The Balaban J connectivity index is 1.87. The Morgan fingerprint density at radius 1 is 1.52 bits per heavy atom. The quantitative estimate of drug-likeness (QED) is 0.565. The SMILES string of the molecule is CO[n+]1cccc(CNc2cc(Cl)nc3c(Br)cnn23)c1. The average Bonchev–Trinajstić information content (AvgIpc) is 2.86. The van der Waals surface area contributed by atoms with Crippen molar-refractivity contribution in [2.75, 3.05) is 12.4 Å². The van der Waals surface area contributed by atoms with Crippen molar-refractivity contribution in [3.63, 3.8) is 0 Å². The largest absolute Gasteiger partial charge is 0.366 e. The summed E-state index contributed by atoms with van der Waals surface area (Å²) in [4.78, 5) is 9.37. The van der Waals surface area contributed by atoms with Crippen LogP contribution >= 0.6 is 27.5 Å². The average molecular weight is 370 g/mol. The molecule has 0 unspecified atom stereocenters. The molecule has 0 amide bonds. The van der Waals surface area contributed by atoms with Gasteiger partial charge in [0.05, 0.1) is 10.7 Å². The van der Waals surface area contributed by atoms with Crippen LogP contribution in [-0.4, -0.2) is 21.7 Å². The number of halogens is 2. The van der Waals surface area contributed by atoms with Gasteiger partial charge in [0.2, 0.25) is 12.4 Å². The molecule has 0 aromatic carbocycles. The van der Waals surface area contributed by atoms with Crippen LogP contribution in [0.4, 0.5) is 5.82 Å². The highest BCUT2D eigenvalue weighted by molar-refractivity contribution is 9.10. The molecule has 3 heterocycles. The zero-order valence-electron chi connectivity index (χ0n) is 11.1. The fraction of sp³-hybridized carbons (Fsp3) is 0.154. The lowest BCUT2D eigenvalue weighted by molar-refractivity contribution is -0.885. The third kappa shape index (κ3) is 2.93. The van der Waals surface area contributed by atoms with Crippen LogP contribution in [0.25, 0.3) is 5.65 Å². The van der Waals surface area contributed by atoms with Crippen molar-refractivity contribution < 1.29 is 9.57 Å². The summed E-state index contributed by atoms with van der Waals surface area (Å²) >= 11 is 9.44. The lowest BCUT2D eigenvalue weighted by Gasteiger charge is -2.08. The lowest BCUT2D eigenvalue weighted by atomic mass is 10.3. The molecule has 108 valence electrons. The molecule has 0 aliphatic heterocycles. The van der Waals surface area contributed by atoms with E-state index in [9.17, 15) is 0 Å². The van der Waals surface area contributed by atoms with Gasteiger partial charge in [-0.15, -0.1) is 0 Å². The van der Waals surface area contributed by atoms with E-state index in [0.29, 0.717) is 17.3 Å². The first kappa shape index (κ1) is 14.1. The van der Waals surface area contributed by atoms with Crippen molar-refractivity contribution in [3.8, 4) is 0 Å². The number of nitrogens with zero attached hydrogens (tertiary/aromatic N) is 4. The van der Waals surface area contributed by atoms with Crippen molar-refractivity contribution in [2.45, 2.75) is 6.54 Å². The van der Waals surface area contributed by atoms with E-state index in [2.05, 4.69) is 31.3 Å². The first-order chi connectivity index (χ1) is 10.2. The van der Waals surface area contributed by atoms with Crippen molar-refractivity contribution >= 4 is 39.0 Å². The number of nitrogens with one attached hydrogen (secondary N) is 1. The maximum Gasteiger partial charge on any atom is 0.227 e. The molecule has 0 aliphatic carbocycles. The van der Waals surface area contributed by atoms with Crippen molar-refractivity contribution in [1.82, 2.24) is 14.6 Å². The molecule has 0 bridgehead atoms. The van der Waals surface area contributed by atoms with Gasteiger partial charge in [-0.05, 0) is 22.0 Å². The number of aromatic nitrogens is 4. The van der Waals surface area contributed by atoms with E-state index < -0.39 is 0 Å². The maximum absolute atomic E-state index is 6.04. The van der Waals surface area contributed by atoms with Gasteiger partial charge in [-0.25, -0.2) is 4.98 Å². The minimum Gasteiger partial charge on any atom is -0.366 e. The van der Waals surface area contributed by atoms with Crippen LogP contribution in [0.2, 0.25) is 5.15 Å². The molecule has 3 aromatic heterocycles. The molecule has 21 heavy (non-hydrogen) atoms. The van der Waals surface area contributed by atoms with E-state index >= 15 is 0 Å². The van der Waals surface area contributed by atoms with Gasteiger partial charge >= 0.3 is 0 Å². The van der Waals surface area contributed by atoms with Crippen molar-refractivity contribution in [1.29, 1.82) is 0 Å². The van der Waals surface area contributed by atoms with Crippen LogP contribution < -0.4 is 14.9 Å². The maximum atomic E-state index is 6.04. The number of hydrogen-bond acceptors (Lipinski definition) is 4. The molecule has 6 nitrogen and oxygen atoms in total. The third-order valence-corrected chi connectivity index (χ3v) is 3.67. The van der Waals surface area contributed by atoms with Gasteiger partial charge in [0.1, 0.15) is 18.1 Å². The van der Waals surface area contributed by atoms with Gasteiger partial charge in [0.25, 0.3) is 0 Å². The predicted molar refractivity (Wildman–Crippen MR) is 82.2 cm³/mol. The first-order valence-electron chi connectivity index (χ1n) is 6.15. The fourth-order valence-electron chi connectivity index (χ4n) is 1.94. The minimum absolute atomic E-state index is 0.409. The van der Waals surface area contributed by atoms with E-state index in [-0.39, 0.29) is 0 Å². The molecule has 3 rings (SSSR count). The molecule has 8 heteroatoms. The van der Waals surface area contributed by atoms with E-state index in [4.69, 9.17) is 16.4 Å². The second-order valence-electron chi connectivity index (χ2n) is 4.30. The Bertz CT molecular complexity index is 791. The summed E-state index contributed by atoms with van der Waals surface area (Å²) in [6.45, 7) is 0.608. The minimum atomic E-state index is 0.409. The molecule has 0 aliphatic rings. The molecule has 0 radical (unpaired) electrons. The predicted octanol–water partition coefficient (Wildman–Crippen LogP) is 2.10. The van der Waals surface area contributed by atoms with Gasteiger partial charge in [-0.1, -0.05) is 11.6 Å². The van der Waals surface area contributed by atoms with Gasteiger partial charge in [-0.3, -0.25) is 4.84 Å². The molecule has 0 atom stereocenters. The Morgan fingerprint density at radius 2 is 2.38 bits per heavy atom. The number of pyridine rings is 1. The highest BCUT2D eigenvalue weighted by atomic mass is 79.9. The summed E-state index contributed by atoms with van der Waals surface area (Å²) in [6.07, 6.45) is 5.41. The van der Waals surface area contributed by atoms with E-state index in [1.54, 1.807) is 28.6 Å². The van der Waals surface area contributed by atoms with Crippen molar-refractivity contribution in [2.24, 2.45) is 0 Å². The van der Waals surface area contributed by atoms with E-state index in [0.717, 1.165) is 15.9 Å². The van der Waals surface area contributed by atoms with Gasteiger partial charge < -0.3 is 5.32 Å². The summed E-state index contributed by atoms with van der Waals surface area (Å²) in [5, 5.41) is 7.97. The molecule has 0 saturated heterocycles. The Labute approximate surface area is 134 Å².